The Bertz CT molecular complexity index is 328. The molecule has 0 aliphatic rings. The molecule has 84 valence electrons. The minimum atomic E-state index is -0.0857. The summed E-state index contributed by atoms with van der Waals surface area (Å²) in [5.41, 5.74) is 12.8. The summed E-state index contributed by atoms with van der Waals surface area (Å²) in [7, 11) is 1.64. The summed E-state index contributed by atoms with van der Waals surface area (Å²) in [6, 6.07) is 5.81. The van der Waals surface area contributed by atoms with Crippen LogP contribution in [0.3, 0.4) is 0 Å². The number of benzene rings is 1. The topological polar surface area (TPSA) is 61.3 Å². The lowest BCUT2D eigenvalue weighted by Crippen LogP contribution is -2.23. The first-order valence-corrected chi connectivity index (χ1v) is 5.68. The molecular formula is C11H17BrN2O. The molecular weight excluding hydrogens is 256 g/mol. The van der Waals surface area contributed by atoms with Crippen LogP contribution in [0.15, 0.2) is 22.7 Å². The monoisotopic (exact) mass is 272 g/mol. The summed E-state index contributed by atoms with van der Waals surface area (Å²) >= 11 is 3.42. The standard InChI is InChI=1S/C11H17BrN2O/c1-7(13)5-10(14)9-6-8(12)3-4-11(9)15-2/h3-4,6-7,10H,5,13-14H2,1-2H3. The molecule has 2 atom stereocenters. The number of hydrogen-bond donors (Lipinski definition) is 2. The molecule has 3 nitrogen and oxygen atoms in total. The molecule has 0 radical (unpaired) electrons. The van der Waals surface area contributed by atoms with E-state index in [1.54, 1.807) is 7.11 Å². The van der Waals surface area contributed by atoms with Crippen molar-refractivity contribution in [3.05, 3.63) is 28.2 Å². The largest absolute Gasteiger partial charge is 0.496 e. The number of nitrogens with two attached hydrogens (primary N) is 2. The van der Waals surface area contributed by atoms with Crippen LogP contribution in [-0.2, 0) is 0 Å². The molecule has 0 amide bonds. The van der Waals surface area contributed by atoms with E-state index in [-0.39, 0.29) is 12.1 Å². The van der Waals surface area contributed by atoms with Gasteiger partial charge in [0, 0.05) is 22.1 Å². The maximum Gasteiger partial charge on any atom is 0.123 e. The highest BCUT2D eigenvalue weighted by molar-refractivity contribution is 9.10. The van der Waals surface area contributed by atoms with Crippen LogP contribution in [0, 0.1) is 0 Å². The first-order chi connectivity index (χ1) is 7.04. The molecule has 4 N–H and O–H groups in total. The van der Waals surface area contributed by atoms with Crippen molar-refractivity contribution in [1.29, 1.82) is 0 Å². The van der Waals surface area contributed by atoms with E-state index in [1.165, 1.54) is 0 Å². The molecule has 0 aliphatic heterocycles. The maximum absolute atomic E-state index is 6.06. The van der Waals surface area contributed by atoms with Gasteiger partial charge in [0.2, 0.25) is 0 Å². The van der Waals surface area contributed by atoms with Crippen LogP contribution in [0.5, 0.6) is 5.75 Å². The first-order valence-electron chi connectivity index (χ1n) is 4.89. The fourth-order valence-electron chi connectivity index (χ4n) is 1.52. The summed E-state index contributed by atoms with van der Waals surface area (Å²) < 4.78 is 6.26. The third-order valence-corrected chi connectivity index (χ3v) is 2.71. The quantitative estimate of drug-likeness (QED) is 0.884. The molecule has 0 aromatic heterocycles. The third-order valence-electron chi connectivity index (χ3n) is 2.22. The highest BCUT2D eigenvalue weighted by Gasteiger charge is 2.13. The molecule has 4 heteroatoms. The van der Waals surface area contributed by atoms with Crippen molar-refractivity contribution < 1.29 is 4.74 Å². The van der Waals surface area contributed by atoms with Gasteiger partial charge < -0.3 is 16.2 Å². The van der Waals surface area contributed by atoms with Gasteiger partial charge in [-0.15, -0.1) is 0 Å². The Balaban J connectivity index is 2.94. The van der Waals surface area contributed by atoms with Gasteiger partial charge in [-0.2, -0.15) is 0 Å². The second kappa shape index (κ2) is 5.49. The smallest absolute Gasteiger partial charge is 0.123 e. The van der Waals surface area contributed by atoms with Gasteiger partial charge in [-0.3, -0.25) is 0 Å². The number of methoxy groups -OCH3 is 1. The molecule has 1 aromatic rings. The van der Waals surface area contributed by atoms with E-state index < -0.39 is 0 Å². The summed E-state index contributed by atoms with van der Waals surface area (Å²) in [4.78, 5) is 0. The van der Waals surface area contributed by atoms with Gasteiger partial charge in [-0.1, -0.05) is 15.9 Å². The van der Waals surface area contributed by atoms with E-state index >= 15 is 0 Å². The van der Waals surface area contributed by atoms with Crippen LogP contribution in [0.2, 0.25) is 0 Å². The molecule has 0 aliphatic carbocycles. The molecule has 15 heavy (non-hydrogen) atoms. The SMILES string of the molecule is COc1ccc(Br)cc1C(N)CC(C)N. The van der Waals surface area contributed by atoms with Crippen LogP contribution in [0.1, 0.15) is 24.9 Å². The van der Waals surface area contributed by atoms with Crippen molar-refractivity contribution in [1.82, 2.24) is 0 Å². The second-order valence-electron chi connectivity index (χ2n) is 3.71. The van der Waals surface area contributed by atoms with Crippen LogP contribution in [0.25, 0.3) is 0 Å². The predicted octanol–water partition coefficient (Wildman–Crippen LogP) is 2.19. The second-order valence-corrected chi connectivity index (χ2v) is 4.62. The number of ether oxygens (including phenoxy) is 1. The Kier molecular flexibility index (Phi) is 4.57. The van der Waals surface area contributed by atoms with Gasteiger partial charge >= 0.3 is 0 Å². The van der Waals surface area contributed by atoms with Gasteiger partial charge in [0.15, 0.2) is 0 Å². The minimum absolute atomic E-state index is 0.0857. The van der Waals surface area contributed by atoms with E-state index in [4.69, 9.17) is 16.2 Å². The molecule has 1 aromatic carbocycles. The van der Waals surface area contributed by atoms with Crippen molar-refractivity contribution >= 4 is 15.9 Å². The average molecular weight is 273 g/mol. The van der Waals surface area contributed by atoms with Crippen molar-refractivity contribution in [2.75, 3.05) is 7.11 Å². The van der Waals surface area contributed by atoms with Gasteiger partial charge in [0.1, 0.15) is 5.75 Å². The highest BCUT2D eigenvalue weighted by Crippen LogP contribution is 2.29. The Hall–Kier alpha value is -0.580. The van der Waals surface area contributed by atoms with Crippen LogP contribution in [0.4, 0.5) is 0 Å². The summed E-state index contributed by atoms with van der Waals surface area (Å²) in [5, 5.41) is 0. The van der Waals surface area contributed by atoms with Gasteiger partial charge in [0.25, 0.3) is 0 Å². The van der Waals surface area contributed by atoms with Crippen molar-refractivity contribution in [3.63, 3.8) is 0 Å². The van der Waals surface area contributed by atoms with Gasteiger partial charge in [0.05, 0.1) is 7.11 Å². The van der Waals surface area contributed by atoms with E-state index in [0.717, 1.165) is 22.2 Å². The van der Waals surface area contributed by atoms with Crippen molar-refractivity contribution in [3.8, 4) is 5.75 Å². The highest BCUT2D eigenvalue weighted by atomic mass is 79.9. The van der Waals surface area contributed by atoms with Crippen molar-refractivity contribution in [2.24, 2.45) is 11.5 Å². The minimum Gasteiger partial charge on any atom is -0.496 e. The zero-order chi connectivity index (χ0) is 11.4. The van der Waals surface area contributed by atoms with Crippen LogP contribution < -0.4 is 16.2 Å². The predicted molar refractivity (Wildman–Crippen MR) is 65.9 cm³/mol. The molecule has 0 heterocycles. The first kappa shape index (κ1) is 12.5. The Morgan fingerprint density at radius 1 is 1.40 bits per heavy atom. The summed E-state index contributed by atoms with van der Waals surface area (Å²) in [6.07, 6.45) is 0.743. The fraction of sp³-hybridized carbons (Fsp3) is 0.455. The lowest BCUT2D eigenvalue weighted by atomic mass is 10.0. The van der Waals surface area contributed by atoms with Crippen LogP contribution >= 0.6 is 15.9 Å². The lowest BCUT2D eigenvalue weighted by Gasteiger charge is -2.17. The molecule has 0 saturated heterocycles. The number of halogens is 1. The van der Waals surface area contributed by atoms with Gasteiger partial charge in [-0.05, 0) is 31.5 Å². The third kappa shape index (κ3) is 3.48. The Morgan fingerprint density at radius 3 is 2.60 bits per heavy atom. The van der Waals surface area contributed by atoms with E-state index in [9.17, 15) is 0 Å². The Morgan fingerprint density at radius 2 is 2.07 bits per heavy atom. The molecule has 0 fully saturated rings. The molecule has 2 unspecified atom stereocenters. The van der Waals surface area contributed by atoms with Crippen molar-refractivity contribution in [2.45, 2.75) is 25.4 Å². The molecule has 0 saturated carbocycles. The number of rotatable bonds is 4. The zero-order valence-corrected chi connectivity index (χ0v) is 10.6. The van der Waals surface area contributed by atoms with E-state index in [1.807, 2.05) is 25.1 Å². The lowest BCUT2D eigenvalue weighted by molar-refractivity contribution is 0.402. The average Bonchev–Trinajstić information content (AvgIpc) is 2.16. The maximum atomic E-state index is 6.06. The molecule has 0 spiro atoms. The zero-order valence-electron chi connectivity index (χ0n) is 9.03. The Labute approximate surface area is 98.9 Å². The normalized spacial score (nSPS) is 14.7. The number of hydrogen-bond acceptors (Lipinski definition) is 3. The van der Waals surface area contributed by atoms with Crippen LogP contribution in [-0.4, -0.2) is 13.2 Å². The molecule has 0 bridgehead atoms. The van der Waals surface area contributed by atoms with Gasteiger partial charge in [-0.25, -0.2) is 0 Å². The summed E-state index contributed by atoms with van der Waals surface area (Å²) in [6.45, 7) is 1.95. The van der Waals surface area contributed by atoms with E-state index in [2.05, 4.69) is 15.9 Å². The molecule has 1 rings (SSSR count). The fourth-order valence-corrected chi connectivity index (χ4v) is 1.90. The summed E-state index contributed by atoms with van der Waals surface area (Å²) in [5.74, 6) is 0.811. The van der Waals surface area contributed by atoms with E-state index in [0.29, 0.717) is 0 Å².